The van der Waals surface area contributed by atoms with Crippen molar-refractivity contribution in [1.82, 2.24) is 9.55 Å². The SMILES string of the molecule is CC(=O)c1cn(C2C[C@H](O)[C@@H](CO)O2)c(=O)[nH]1. The lowest BCUT2D eigenvalue weighted by molar-refractivity contribution is -0.0453. The minimum atomic E-state index is -0.812. The summed E-state index contributed by atoms with van der Waals surface area (Å²) >= 11 is 0. The molecule has 1 aliphatic rings. The minimum absolute atomic E-state index is 0.195. The third-order valence-electron chi connectivity index (χ3n) is 2.82. The van der Waals surface area contributed by atoms with E-state index in [9.17, 15) is 14.7 Å². The molecule has 17 heavy (non-hydrogen) atoms. The zero-order valence-electron chi connectivity index (χ0n) is 9.29. The van der Waals surface area contributed by atoms with Crippen molar-refractivity contribution in [2.45, 2.75) is 31.8 Å². The molecule has 0 amide bonds. The summed E-state index contributed by atoms with van der Waals surface area (Å²) < 4.78 is 6.53. The van der Waals surface area contributed by atoms with Crippen LogP contribution in [0.25, 0.3) is 0 Å². The number of H-pyrrole nitrogens is 1. The van der Waals surface area contributed by atoms with Crippen molar-refractivity contribution in [3.63, 3.8) is 0 Å². The number of aliphatic hydroxyl groups is 2. The van der Waals surface area contributed by atoms with E-state index in [1.165, 1.54) is 17.7 Å². The topological polar surface area (TPSA) is 105 Å². The smallest absolute Gasteiger partial charge is 0.328 e. The first-order valence-electron chi connectivity index (χ1n) is 5.29. The van der Waals surface area contributed by atoms with Crippen LogP contribution in [0.4, 0.5) is 0 Å². The number of rotatable bonds is 3. The lowest BCUT2D eigenvalue weighted by atomic mass is 10.2. The number of imidazole rings is 1. The molecule has 3 atom stereocenters. The second kappa shape index (κ2) is 4.44. The number of carbonyl (C=O) groups is 1. The van der Waals surface area contributed by atoms with Crippen LogP contribution in [-0.4, -0.2) is 44.4 Å². The molecule has 1 aromatic rings. The van der Waals surface area contributed by atoms with Gasteiger partial charge in [-0.1, -0.05) is 0 Å². The predicted molar refractivity (Wildman–Crippen MR) is 56.7 cm³/mol. The Hall–Kier alpha value is -1.44. The van der Waals surface area contributed by atoms with Crippen LogP contribution in [0.1, 0.15) is 30.1 Å². The maximum atomic E-state index is 11.6. The summed E-state index contributed by atoms with van der Waals surface area (Å²) in [5.74, 6) is -0.252. The van der Waals surface area contributed by atoms with E-state index in [-0.39, 0.29) is 24.5 Å². The molecule has 94 valence electrons. The first-order valence-corrected chi connectivity index (χ1v) is 5.29. The number of hydrogen-bond donors (Lipinski definition) is 3. The zero-order valence-corrected chi connectivity index (χ0v) is 9.29. The summed E-state index contributed by atoms with van der Waals surface area (Å²) in [5.41, 5.74) is -0.272. The number of nitrogens with one attached hydrogen (secondary N) is 1. The molecule has 1 saturated heterocycles. The summed E-state index contributed by atoms with van der Waals surface area (Å²) in [6, 6.07) is 0. The highest BCUT2D eigenvalue weighted by Gasteiger charge is 2.35. The first kappa shape index (κ1) is 12.0. The van der Waals surface area contributed by atoms with Gasteiger partial charge in [0.25, 0.3) is 0 Å². The maximum Gasteiger partial charge on any atom is 0.328 e. The molecule has 1 fully saturated rings. The fraction of sp³-hybridized carbons (Fsp3) is 0.600. The molecule has 0 aromatic carbocycles. The van der Waals surface area contributed by atoms with Crippen LogP contribution in [0, 0.1) is 0 Å². The van der Waals surface area contributed by atoms with Gasteiger partial charge in [-0.25, -0.2) is 4.79 Å². The van der Waals surface area contributed by atoms with Crippen molar-refractivity contribution >= 4 is 5.78 Å². The number of nitrogens with zero attached hydrogens (tertiary/aromatic N) is 1. The Morgan fingerprint density at radius 3 is 2.88 bits per heavy atom. The van der Waals surface area contributed by atoms with Gasteiger partial charge in [0.1, 0.15) is 18.0 Å². The van der Waals surface area contributed by atoms with Crippen LogP contribution in [0.2, 0.25) is 0 Å². The molecule has 0 saturated carbocycles. The Bertz CT molecular complexity index is 477. The highest BCUT2D eigenvalue weighted by atomic mass is 16.5. The van der Waals surface area contributed by atoms with Gasteiger partial charge in [-0.15, -0.1) is 0 Å². The average molecular weight is 242 g/mol. The highest BCUT2D eigenvalue weighted by Crippen LogP contribution is 2.27. The van der Waals surface area contributed by atoms with Gasteiger partial charge in [0.05, 0.1) is 12.7 Å². The van der Waals surface area contributed by atoms with Gasteiger partial charge >= 0.3 is 5.69 Å². The molecule has 7 nitrogen and oxygen atoms in total. The number of ether oxygens (including phenoxy) is 1. The second-order valence-corrected chi connectivity index (χ2v) is 4.05. The monoisotopic (exact) mass is 242 g/mol. The molecule has 3 N–H and O–H groups in total. The summed E-state index contributed by atoms with van der Waals surface area (Å²) in [6.45, 7) is 1.03. The highest BCUT2D eigenvalue weighted by molar-refractivity contribution is 5.91. The van der Waals surface area contributed by atoms with Gasteiger partial charge in [0.15, 0.2) is 5.78 Å². The zero-order chi connectivity index (χ0) is 12.6. The van der Waals surface area contributed by atoms with Crippen molar-refractivity contribution in [1.29, 1.82) is 0 Å². The minimum Gasteiger partial charge on any atom is -0.394 e. The van der Waals surface area contributed by atoms with Crippen molar-refractivity contribution in [3.05, 3.63) is 22.4 Å². The number of carbonyl (C=O) groups excluding carboxylic acids is 1. The number of aromatic nitrogens is 2. The molecule has 0 radical (unpaired) electrons. The second-order valence-electron chi connectivity index (χ2n) is 4.05. The maximum absolute atomic E-state index is 11.6. The molecule has 7 heteroatoms. The van der Waals surface area contributed by atoms with Gasteiger partial charge < -0.3 is 19.9 Å². The number of ketones is 1. The van der Waals surface area contributed by atoms with Crippen LogP contribution in [0.15, 0.2) is 11.0 Å². The normalized spacial score (nSPS) is 28.5. The molecule has 2 heterocycles. The fourth-order valence-corrected chi connectivity index (χ4v) is 1.85. The molecule has 1 aromatic heterocycles. The van der Waals surface area contributed by atoms with Crippen LogP contribution in [0.5, 0.6) is 0 Å². The van der Waals surface area contributed by atoms with Gasteiger partial charge in [-0.3, -0.25) is 9.36 Å². The molecule has 2 rings (SSSR count). The summed E-state index contributed by atoms with van der Waals surface area (Å²) in [5, 5.41) is 18.5. The van der Waals surface area contributed by atoms with E-state index in [0.29, 0.717) is 0 Å². The molecule has 1 aliphatic heterocycles. The largest absolute Gasteiger partial charge is 0.394 e. The van der Waals surface area contributed by atoms with Gasteiger partial charge in [0, 0.05) is 19.5 Å². The molecule has 0 bridgehead atoms. The predicted octanol–water partition coefficient (Wildman–Crippen LogP) is -0.980. The van der Waals surface area contributed by atoms with E-state index in [1.807, 2.05) is 0 Å². The van der Waals surface area contributed by atoms with Crippen molar-refractivity contribution in [2.24, 2.45) is 0 Å². The molecular formula is C10H14N2O5. The van der Waals surface area contributed by atoms with Gasteiger partial charge in [0.2, 0.25) is 0 Å². The van der Waals surface area contributed by atoms with Crippen LogP contribution in [-0.2, 0) is 4.74 Å². The summed E-state index contributed by atoms with van der Waals surface area (Å²) in [7, 11) is 0. The van der Waals surface area contributed by atoms with E-state index in [4.69, 9.17) is 9.84 Å². The van der Waals surface area contributed by atoms with E-state index in [0.717, 1.165) is 0 Å². The fourth-order valence-electron chi connectivity index (χ4n) is 1.85. The van der Waals surface area contributed by atoms with E-state index < -0.39 is 24.1 Å². The lowest BCUT2D eigenvalue weighted by Crippen LogP contribution is -2.25. The van der Waals surface area contributed by atoms with Crippen LogP contribution < -0.4 is 5.69 Å². The Morgan fingerprint density at radius 1 is 1.71 bits per heavy atom. The summed E-state index contributed by atoms with van der Waals surface area (Å²) in [6.07, 6.45) is -0.587. The average Bonchev–Trinajstić information content (AvgIpc) is 2.81. The summed E-state index contributed by atoms with van der Waals surface area (Å²) in [4.78, 5) is 25.1. The first-order chi connectivity index (χ1) is 8.02. The lowest BCUT2D eigenvalue weighted by Gasteiger charge is -2.11. The van der Waals surface area contributed by atoms with E-state index in [2.05, 4.69) is 4.98 Å². The van der Waals surface area contributed by atoms with Gasteiger partial charge in [-0.2, -0.15) is 0 Å². The molecule has 0 spiro atoms. The Labute approximate surface area is 96.6 Å². The number of Topliss-reactive ketones (excluding diaryl/α,β-unsaturated/α-hetero) is 1. The third kappa shape index (κ3) is 2.17. The third-order valence-corrected chi connectivity index (χ3v) is 2.82. The van der Waals surface area contributed by atoms with Gasteiger partial charge in [-0.05, 0) is 0 Å². The van der Waals surface area contributed by atoms with Crippen molar-refractivity contribution in [3.8, 4) is 0 Å². The Kier molecular flexibility index (Phi) is 3.14. The quantitative estimate of drug-likeness (QED) is 0.591. The molecular weight excluding hydrogens is 228 g/mol. The molecule has 0 aliphatic carbocycles. The standard InChI is InChI=1S/C10H14N2O5/c1-5(14)6-3-12(10(16)11-6)9-2-7(15)8(4-13)17-9/h3,7-9,13,15H,2,4H2,1H3,(H,11,16)/t7-,8+,9?/m0/s1. The van der Waals surface area contributed by atoms with E-state index in [1.54, 1.807) is 0 Å². The Morgan fingerprint density at radius 2 is 2.41 bits per heavy atom. The van der Waals surface area contributed by atoms with Crippen molar-refractivity contribution in [2.75, 3.05) is 6.61 Å². The van der Waals surface area contributed by atoms with Crippen molar-refractivity contribution < 1.29 is 19.7 Å². The Balaban J connectivity index is 2.24. The molecule has 1 unspecified atom stereocenters. The van der Waals surface area contributed by atoms with Crippen LogP contribution >= 0.6 is 0 Å². The number of aromatic amines is 1. The number of aliphatic hydroxyl groups excluding tert-OH is 2. The van der Waals surface area contributed by atoms with Crippen LogP contribution in [0.3, 0.4) is 0 Å². The number of hydrogen-bond acceptors (Lipinski definition) is 5. The van der Waals surface area contributed by atoms with E-state index >= 15 is 0 Å².